The molecular weight excluding hydrogens is 406 g/mol. The van der Waals surface area contributed by atoms with Gasteiger partial charge in [-0.15, -0.1) is 0 Å². The number of ether oxygens (including phenoxy) is 2. The van der Waals surface area contributed by atoms with E-state index < -0.39 is 0 Å². The van der Waals surface area contributed by atoms with Crippen LogP contribution in [0.15, 0.2) is 40.8 Å². The van der Waals surface area contributed by atoms with Gasteiger partial charge in [0.2, 0.25) is 5.91 Å². The molecule has 1 aliphatic carbocycles. The Morgan fingerprint density at radius 2 is 1.69 bits per heavy atom. The summed E-state index contributed by atoms with van der Waals surface area (Å²) in [4.78, 5) is 17.3. The molecule has 5 rings (SSSR count). The third-order valence-electron chi connectivity index (χ3n) is 6.49. The number of anilines is 3. The highest BCUT2D eigenvalue weighted by molar-refractivity contribution is 6.04. The predicted molar refractivity (Wildman–Crippen MR) is 125 cm³/mol. The Morgan fingerprint density at radius 1 is 1.00 bits per heavy atom. The molecule has 170 valence electrons. The van der Waals surface area contributed by atoms with Crippen molar-refractivity contribution in [2.24, 2.45) is 5.92 Å². The lowest BCUT2D eigenvalue weighted by Crippen LogP contribution is -2.38. The van der Waals surface area contributed by atoms with E-state index in [1.165, 1.54) is 12.5 Å². The van der Waals surface area contributed by atoms with Crippen molar-refractivity contribution in [1.29, 1.82) is 0 Å². The van der Waals surface area contributed by atoms with Crippen LogP contribution >= 0.6 is 0 Å². The van der Waals surface area contributed by atoms with Gasteiger partial charge in [0.05, 0.1) is 37.8 Å². The summed E-state index contributed by atoms with van der Waals surface area (Å²) in [6.07, 6.45) is 4.46. The third kappa shape index (κ3) is 4.84. The molecule has 3 heterocycles. The number of benzene rings is 1. The van der Waals surface area contributed by atoms with Crippen LogP contribution in [-0.4, -0.2) is 58.5 Å². The number of rotatable bonds is 6. The monoisotopic (exact) mass is 437 g/mol. The van der Waals surface area contributed by atoms with Crippen molar-refractivity contribution in [2.45, 2.75) is 19.3 Å². The third-order valence-corrected chi connectivity index (χ3v) is 6.49. The molecule has 2 aromatic rings. The van der Waals surface area contributed by atoms with Crippen molar-refractivity contribution < 1.29 is 18.7 Å². The minimum absolute atomic E-state index is 0.170. The van der Waals surface area contributed by atoms with Crippen LogP contribution in [0.25, 0.3) is 6.08 Å². The Balaban J connectivity index is 1.30. The van der Waals surface area contributed by atoms with Crippen LogP contribution in [0.1, 0.15) is 30.8 Å². The van der Waals surface area contributed by atoms with Crippen molar-refractivity contribution in [2.75, 3.05) is 67.7 Å². The first kappa shape index (κ1) is 21.1. The van der Waals surface area contributed by atoms with E-state index in [0.717, 1.165) is 62.2 Å². The van der Waals surface area contributed by atoms with Crippen molar-refractivity contribution in [3.05, 3.63) is 47.9 Å². The average Bonchev–Trinajstić information content (AvgIpc) is 3.38. The van der Waals surface area contributed by atoms with E-state index >= 15 is 0 Å². The van der Waals surface area contributed by atoms with Gasteiger partial charge in [-0.2, -0.15) is 0 Å². The quantitative estimate of drug-likeness (QED) is 0.695. The Labute approximate surface area is 189 Å². The van der Waals surface area contributed by atoms with E-state index in [0.29, 0.717) is 30.8 Å². The maximum atomic E-state index is 12.7. The number of furan rings is 1. The summed E-state index contributed by atoms with van der Waals surface area (Å²) in [7, 11) is 0. The molecule has 0 bridgehead atoms. The second-order valence-corrected chi connectivity index (χ2v) is 8.78. The van der Waals surface area contributed by atoms with Gasteiger partial charge in [0.25, 0.3) is 0 Å². The summed E-state index contributed by atoms with van der Waals surface area (Å²) in [5.41, 5.74) is 2.99. The van der Waals surface area contributed by atoms with E-state index in [-0.39, 0.29) is 5.91 Å². The number of carbonyl (C=O) groups excluding carboxylic acids is 1. The van der Waals surface area contributed by atoms with Gasteiger partial charge in [-0.1, -0.05) is 6.92 Å². The number of hydrogen-bond acceptors (Lipinski definition) is 6. The Hall–Kier alpha value is -2.77. The van der Waals surface area contributed by atoms with Crippen molar-refractivity contribution in [3.63, 3.8) is 0 Å². The molecule has 7 heteroatoms. The largest absolute Gasteiger partial charge is 0.461 e. The molecule has 2 aliphatic heterocycles. The first-order chi connectivity index (χ1) is 15.7. The summed E-state index contributed by atoms with van der Waals surface area (Å²) < 4.78 is 16.9. The van der Waals surface area contributed by atoms with Crippen molar-refractivity contribution in [1.82, 2.24) is 0 Å². The number of morpholine rings is 2. The van der Waals surface area contributed by atoms with E-state index in [1.807, 2.05) is 18.2 Å². The molecule has 1 saturated carbocycles. The highest BCUT2D eigenvalue weighted by atomic mass is 16.5. The maximum Gasteiger partial charge on any atom is 0.248 e. The van der Waals surface area contributed by atoms with Gasteiger partial charge in [0.15, 0.2) is 0 Å². The lowest BCUT2D eigenvalue weighted by Gasteiger charge is -2.33. The van der Waals surface area contributed by atoms with Gasteiger partial charge < -0.3 is 29.0 Å². The molecule has 32 heavy (non-hydrogen) atoms. The highest BCUT2D eigenvalue weighted by Gasteiger charge is 2.36. The van der Waals surface area contributed by atoms with Crippen LogP contribution in [0, 0.1) is 5.92 Å². The zero-order chi connectivity index (χ0) is 21.9. The van der Waals surface area contributed by atoms with Crippen LogP contribution in [0.4, 0.5) is 17.1 Å². The van der Waals surface area contributed by atoms with Crippen molar-refractivity contribution in [3.8, 4) is 0 Å². The molecule has 1 N–H and O–H groups in total. The van der Waals surface area contributed by atoms with Crippen molar-refractivity contribution >= 4 is 29.0 Å². The summed E-state index contributed by atoms with van der Waals surface area (Å²) in [6.45, 7) is 8.45. The second-order valence-electron chi connectivity index (χ2n) is 8.78. The maximum absolute atomic E-state index is 12.7. The minimum Gasteiger partial charge on any atom is -0.461 e. The fourth-order valence-electron chi connectivity index (χ4n) is 4.42. The fraction of sp³-hybridized carbons (Fsp3) is 0.480. The van der Waals surface area contributed by atoms with Gasteiger partial charge in [-0.25, -0.2) is 0 Å². The predicted octanol–water partition coefficient (Wildman–Crippen LogP) is 3.73. The van der Waals surface area contributed by atoms with Crippen LogP contribution < -0.4 is 15.1 Å². The Kier molecular flexibility index (Phi) is 6.19. The average molecular weight is 438 g/mol. The Morgan fingerprint density at radius 3 is 2.38 bits per heavy atom. The van der Waals surface area contributed by atoms with Crippen LogP contribution in [-0.2, 0) is 14.3 Å². The zero-order valence-electron chi connectivity index (χ0n) is 18.6. The molecular formula is C25H31N3O4. The lowest BCUT2D eigenvalue weighted by atomic mass is 10.1. The molecule has 7 nitrogen and oxygen atoms in total. The lowest BCUT2D eigenvalue weighted by molar-refractivity contribution is -0.111. The topological polar surface area (TPSA) is 67.2 Å². The number of carbonyl (C=O) groups is 1. The van der Waals surface area contributed by atoms with E-state index in [9.17, 15) is 4.79 Å². The van der Waals surface area contributed by atoms with Crippen LogP contribution in [0.3, 0.4) is 0 Å². The molecule has 2 saturated heterocycles. The smallest absolute Gasteiger partial charge is 0.248 e. The number of hydrogen-bond donors (Lipinski definition) is 1. The number of nitrogens with one attached hydrogen (secondary N) is 1. The standard InChI is InChI=1S/C25H31N3O4/c1-18-16-21(18)24-6-3-20(32-24)4-7-25(29)26-22-5-2-19(27-8-12-30-13-9-27)17-23(22)28-10-14-31-15-11-28/h2-7,17-18,21H,8-16H2,1H3,(H,26,29)/b7-4+/t18-,21+/m1/s1. The molecule has 0 radical (unpaired) electrons. The number of nitrogens with zero attached hydrogens (tertiary/aromatic N) is 2. The zero-order valence-corrected chi connectivity index (χ0v) is 18.6. The van der Waals surface area contributed by atoms with E-state index in [1.54, 1.807) is 6.08 Å². The molecule has 1 aromatic heterocycles. The molecule has 1 aromatic carbocycles. The summed E-state index contributed by atoms with van der Waals surface area (Å²) >= 11 is 0. The molecule has 3 aliphatic rings. The van der Waals surface area contributed by atoms with Gasteiger partial charge in [-0.3, -0.25) is 4.79 Å². The van der Waals surface area contributed by atoms with Gasteiger partial charge in [-0.05, 0) is 48.7 Å². The van der Waals surface area contributed by atoms with E-state index in [4.69, 9.17) is 13.9 Å². The van der Waals surface area contributed by atoms with Crippen LogP contribution in [0.5, 0.6) is 0 Å². The molecule has 0 spiro atoms. The minimum atomic E-state index is -0.170. The summed E-state index contributed by atoms with van der Waals surface area (Å²) in [6, 6.07) is 10.2. The van der Waals surface area contributed by atoms with Gasteiger partial charge >= 0.3 is 0 Å². The molecule has 1 amide bonds. The molecule has 0 unspecified atom stereocenters. The second kappa shape index (κ2) is 9.38. The van der Waals surface area contributed by atoms with Gasteiger partial charge in [0, 0.05) is 43.9 Å². The summed E-state index contributed by atoms with van der Waals surface area (Å²) in [5.74, 6) is 2.79. The first-order valence-corrected chi connectivity index (χ1v) is 11.6. The number of amides is 1. The Bertz CT molecular complexity index is 973. The highest BCUT2D eigenvalue weighted by Crippen LogP contribution is 2.47. The normalized spacial score (nSPS) is 23.5. The SMILES string of the molecule is C[C@@H]1C[C@@H]1c1ccc(/C=C/C(=O)Nc2ccc(N3CCOCC3)cc2N2CCOCC2)o1. The fourth-order valence-corrected chi connectivity index (χ4v) is 4.42. The first-order valence-electron chi connectivity index (χ1n) is 11.6. The molecule has 2 atom stereocenters. The van der Waals surface area contributed by atoms with Crippen LogP contribution in [0.2, 0.25) is 0 Å². The van der Waals surface area contributed by atoms with E-state index in [2.05, 4.69) is 34.2 Å². The van der Waals surface area contributed by atoms with Gasteiger partial charge in [0.1, 0.15) is 11.5 Å². The summed E-state index contributed by atoms with van der Waals surface area (Å²) in [5, 5.41) is 3.06. The molecule has 3 fully saturated rings.